The van der Waals surface area contributed by atoms with Gasteiger partial charge >= 0.3 is 0 Å². The lowest BCUT2D eigenvalue weighted by Crippen LogP contribution is -2.33. The Morgan fingerprint density at radius 3 is 2.81 bits per heavy atom. The van der Waals surface area contributed by atoms with Crippen LogP contribution in [0.5, 0.6) is 0 Å². The minimum Gasteiger partial charge on any atom is -0.333 e. The number of nitrogens with zero attached hydrogens (tertiary/aromatic N) is 4. The van der Waals surface area contributed by atoms with Gasteiger partial charge in [-0.1, -0.05) is 13.8 Å². The summed E-state index contributed by atoms with van der Waals surface area (Å²) in [5, 5.41) is 9.07. The first-order chi connectivity index (χ1) is 12.4. The molecule has 2 unspecified atom stereocenters. The molecule has 142 valence electrons. The van der Waals surface area contributed by atoms with Gasteiger partial charge in [0.2, 0.25) is 0 Å². The van der Waals surface area contributed by atoms with E-state index in [1.165, 1.54) is 0 Å². The molecule has 0 aromatic carbocycles. The number of piperidine rings is 1. The molecule has 0 bridgehead atoms. The number of nitrogens with one attached hydrogen (secondary N) is 1. The van der Waals surface area contributed by atoms with Crippen LogP contribution < -0.4 is 5.32 Å². The summed E-state index contributed by atoms with van der Waals surface area (Å²) in [4.78, 5) is 20.5. The molecule has 2 atom stereocenters. The lowest BCUT2D eigenvalue weighted by atomic mass is 10.1. The highest BCUT2D eigenvalue weighted by Crippen LogP contribution is 2.32. The highest BCUT2D eigenvalue weighted by molar-refractivity contribution is 7.11. The van der Waals surface area contributed by atoms with Crippen molar-refractivity contribution in [2.45, 2.75) is 58.5 Å². The van der Waals surface area contributed by atoms with E-state index in [2.05, 4.69) is 36.2 Å². The average molecular weight is 376 g/mol. The van der Waals surface area contributed by atoms with Crippen molar-refractivity contribution in [1.82, 2.24) is 25.0 Å². The fraction of sp³-hybridized carbons (Fsp3) is 0.632. The summed E-state index contributed by atoms with van der Waals surface area (Å²) in [7, 11) is 1.85. The lowest BCUT2D eigenvalue weighted by molar-refractivity contribution is 0.0737. The minimum atomic E-state index is -0.0427. The van der Waals surface area contributed by atoms with Gasteiger partial charge in [0, 0.05) is 30.6 Å². The summed E-state index contributed by atoms with van der Waals surface area (Å²) >= 11 is 1.71. The predicted octanol–water partition coefficient (Wildman–Crippen LogP) is 3.53. The number of aromatic nitrogens is 3. The molecule has 2 aromatic heterocycles. The molecule has 2 aromatic rings. The van der Waals surface area contributed by atoms with Crippen molar-refractivity contribution in [3.63, 3.8) is 0 Å². The molecule has 1 amide bonds. The molecule has 0 spiro atoms. The van der Waals surface area contributed by atoms with Crippen LogP contribution in [0.25, 0.3) is 0 Å². The number of rotatable bonds is 5. The summed E-state index contributed by atoms with van der Waals surface area (Å²) in [6, 6.07) is 2.15. The zero-order valence-corrected chi connectivity index (χ0v) is 17.1. The van der Waals surface area contributed by atoms with Gasteiger partial charge in [-0.2, -0.15) is 5.10 Å². The van der Waals surface area contributed by atoms with Crippen LogP contribution in [0.15, 0.2) is 12.3 Å². The third-order valence-electron chi connectivity index (χ3n) is 5.10. The molecule has 0 radical (unpaired) electrons. The third-order valence-corrected chi connectivity index (χ3v) is 6.72. The zero-order chi connectivity index (χ0) is 18.8. The van der Waals surface area contributed by atoms with E-state index in [1.807, 2.05) is 30.9 Å². The zero-order valence-electron chi connectivity index (χ0n) is 16.3. The molecule has 0 aliphatic carbocycles. The summed E-state index contributed by atoms with van der Waals surface area (Å²) < 4.78 is 1.94. The molecular weight excluding hydrogens is 346 g/mol. The van der Waals surface area contributed by atoms with Crippen molar-refractivity contribution in [3.8, 4) is 0 Å². The maximum absolute atomic E-state index is 12.9. The van der Waals surface area contributed by atoms with Crippen molar-refractivity contribution in [2.75, 3.05) is 20.1 Å². The third kappa shape index (κ3) is 3.83. The normalized spacial score (nSPS) is 18.9. The molecule has 3 heterocycles. The van der Waals surface area contributed by atoms with Gasteiger partial charge < -0.3 is 10.2 Å². The van der Waals surface area contributed by atoms with E-state index in [0.29, 0.717) is 17.7 Å². The molecule has 6 nitrogen and oxygen atoms in total. The number of aryl methyl sites for hydroxylation is 1. The van der Waals surface area contributed by atoms with Crippen LogP contribution in [0.3, 0.4) is 0 Å². The van der Waals surface area contributed by atoms with E-state index in [1.54, 1.807) is 16.2 Å². The Bertz CT molecular complexity index is 760. The van der Waals surface area contributed by atoms with Gasteiger partial charge in [0.25, 0.3) is 5.91 Å². The van der Waals surface area contributed by atoms with E-state index in [4.69, 9.17) is 0 Å². The Morgan fingerprint density at radius 2 is 2.19 bits per heavy atom. The minimum absolute atomic E-state index is 0.0194. The number of amides is 1. The molecule has 26 heavy (non-hydrogen) atoms. The monoisotopic (exact) mass is 375 g/mol. The van der Waals surface area contributed by atoms with Crippen LogP contribution in [0.1, 0.15) is 77.7 Å². The Kier molecular flexibility index (Phi) is 5.77. The smallest absolute Gasteiger partial charge is 0.274 e. The lowest BCUT2D eigenvalue weighted by Gasteiger charge is -2.24. The van der Waals surface area contributed by atoms with Gasteiger partial charge in [-0.15, -0.1) is 11.3 Å². The fourth-order valence-corrected chi connectivity index (χ4v) is 4.48. The first kappa shape index (κ1) is 19.0. The molecule has 7 heteroatoms. The molecule has 1 aliphatic heterocycles. The second-order valence-electron chi connectivity index (χ2n) is 7.43. The second-order valence-corrected chi connectivity index (χ2v) is 8.49. The summed E-state index contributed by atoms with van der Waals surface area (Å²) in [5.41, 5.74) is 1.53. The highest BCUT2D eigenvalue weighted by atomic mass is 32.1. The number of carbonyl (C=O) groups excluding carboxylic acids is 1. The molecule has 1 saturated heterocycles. The Morgan fingerprint density at radius 1 is 1.42 bits per heavy atom. The molecule has 1 fully saturated rings. The van der Waals surface area contributed by atoms with Crippen molar-refractivity contribution < 1.29 is 4.79 Å². The second kappa shape index (κ2) is 7.88. The van der Waals surface area contributed by atoms with E-state index in [-0.39, 0.29) is 11.9 Å². The van der Waals surface area contributed by atoms with E-state index in [0.717, 1.165) is 41.5 Å². The van der Waals surface area contributed by atoms with Crippen molar-refractivity contribution in [3.05, 3.63) is 33.5 Å². The number of hydrogen-bond donors (Lipinski definition) is 1. The van der Waals surface area contributed by atoms with Crippen LogP contribution in [-0.4, -0.2) is 45.7 Å². The first-order valence-corrected chi connectivity index (χ1v) is 10.2. The summed E-state index contributed by atoms with van der Waals surface area (Å²) in [5.74, 6) is 0.361. The van der Waals surface area contributed by atoms with Crippen molar-refractivity contribution in [2.24, 2.45) is 0 Å². The quantitative estimate of drug-likeness (QED) is 0.868. The maximum atomic E-state index is 12.9. The molecule has 1 aliphatic rings. The average Bonchev–Trinajstić information content (AvgIpc) is 3.27. The number of hydrogen-bond acceptors (Lipinski definition) is 5. The Hall–Kier alpha value is -1.73. The number of carbonyl (C=O) groups is 1. The summed E-state index contributed by atoms with van der Waals surface area (Å²) in [6.45, 7) is 10.4. The van der Waals surface area contributed by atoms with Crippen LogP contribution >= 0.6 is 11.3 Å². The van der Waals surface area contributed by atoms with Crippen molar-refractivity contribution >= 4 is 17.2 Å². The molecule has 1 N–H and O–H groups in total. The van der Waals surface area contributed by atoms with Crippen LogP contribution in [0, 0.1) is 6.92 Å². The Labute approximate surface area is 159 Å². The van der Waals surface area contributed by atoms with Gasteiger partial charge in [0.05, 0.1) is 22.8 Å². The van der Waals surface area contributed by atoms with Crippen molar-refractivity contribution in [1.29, 1.82) is 0 Å². The predicted molar refractivity (Wildman–Crippen MR) is 105 cm³/mol. The van der Waals surface area contributed by atoms with Crippen LogP contribution in [0.2, 0.25) is 0 Å². The SMILES string of the molecule is Cc1nc(C(C)C)sc1C(C)N(C)C(=O)c1ccn(C2CCCNC2)n1. The van der Waals surface area contributed by atoms with Gasteiger partial charge in [0.1, 0.15) is 5.69 Å². The first-order valence-electron chi connectivity index (χ1n) is 9.38. The fourth-order valence-electron chi connectivity index (χ4n) is 3.31. The standard InChI is InChI=1S/C19H29N5OS/c1-12(2)18-21-13(3)17(26-18)14(4)23(5)19(25)16-8-10-24(22-16)15-7-6-9-20-11-15/h8,10,12,14-15,20H,6-7,9,11H2,1-5H3. The number of thiazole rings is 1. The van der Waals surface area contributed by atoms with Crippen LogP contribution in [0.4, 0.5) is 0 Å². The molecule has 0 saturated carbocycles. The Balaban J connectivity index is 1.74. The largest absolute Gasteiger partial charge is 0.333 e. The van der Waals surface area contributed by atoms with Gasteiger partial charge in [-0.05, 0) is 39.3 Å². The van der Waals surface area contributed by atoms with Gasteiger partial charge in [-0.25, -0.2) is 4.98 Å². The van der Waals surface area contributed by atoms with Gasteiger partial charge in [0.15, 0.2) is 0 Å². The molecular formula is C19H29N5OS. The maximum Gasteiger partial charge on any atom is 0.274 e. The molecule has 3 rings (SSSR count). The summed E-state index contributed by atoms with van der Waals surface area (Å²) in [6.07, 6.45) is 4.18. The van der Waals surface area contributed by atoms with E-state index in [9.17, 15) is 4.79 Å². The van der Waals surface area contributed by atoms with Crippen LogP contribution in [-0.2, 0) is 0 Å². The highest BCUT2D eigenvalue weighted by Gasteiger charge is 2.25. The van der Waals surface area contributed by atoms with Gasteiger partial charge in [-0.3, -0.25) is 9.48 Å². The topological polar surface area (TPSA) is 63.1 Å². The van der Waals surface area contributed by atoms with E-state index < -0.39 is 0 Å². The van der Waals surface area contributed by atoms with E-state index >= 15 is 0 Å².